The monoisotopic (exact) mass is 327 g/mol. The standard InChI is InChI=1S/C17H17N3O2S/c1-2-20-13-15(12-18-20)23(21,22)19-17-11-7-6-10-16(17)14-8-4-3-5-9-14/h3-13,19H,2H2,1H3. The molecule has 0 amide bonds. The Labute approximate surface area is 135 Å². The van der Waals surface area contributed by atoms with Crippen LogP contribution in [-0.4, -0.2) is 18.2 Å². The number of rotatable bonds is 5. The van der Waals surface area contributed by atoms with Gasteiger partial charge in [0.2, 0.25) is 0 Å². The van der Waals surface area contributed by atoms with Crippen molar-refractivity contribution in [1.29, 1.82) is 0 Å². The zero-order chi connectivity index (χ0) is 16.3. The van der Waals surface area contributed by atoms with Gasteiger partial charge < -0.3 is 0 Å². The van der Waals surface area contributed by atoms with E-state index >= 15 is 0 Å². The van der Waals surface area contributed by atoms with Crippen molar-refractivity contribution in [2.45, 2.75) is 18.4 Å². The van der Waals surface area contributed by atoms with E-state index in [0.29, 0.717) is 12.2 Å². The first kappa shape index (κ1) is 15.3. The Morgan fingerprint density at radius 3 is 2.43 bits per heavy atom. The Hall–Kier alpha value is -2.60. The summed E-state index contributed by atoms with van der Waals surface area (Å²) in [6, 6.07) is 17.0. The molecule has 5 nitrogen and oxygen atoms in total. The summed E-state index contributed by atoms with van der Waals surface area (Å²) < 4.78 is 29.3. The smallest absolute Gasteiger partial charge is 0.265 e. The van der Waals surface area contributed by atoms with E-state index in [1.54, 1.807) is 16.8 Å². The fraction of sp³-hybridized carbons (Fsp3) is 0.118. The predicted octanol–water partition coefficient (Wildman–Crippen LogP) is 3.37. The Balaban J connectivity index is 1.97. The molecule has 23 heavy (non-hydrogen) atoms. The molecule has 0 aliphatic carbocycles. The Morgan fingerprint density at radius 2 is 1.74 bits per heavy atom. The van der Waals surface area contributed by atoms with E-state index in [-0.39, 0.29) is 4.90 Å². The van der Waals surface area contributed by atoms with E-state index in [1.807, 2.05) is 49.4 Å². The second kappa shape index (κ2) is 6.26. The fourth-order valence-corrected chi connectivity index (χ4v) is 3.33. The van der Waals surface area contributed by atoms with Gasteiger partial charge >= 0.3 is 0 Å². The summed E-state index contributed by atoms with van der Waals surface area (Å²) in [6.45, 7) is 2.53. The summed E-state index contributed by atoms with van der Waals surface area (Å²) in [7, 11) is -3.67. The number of nitrogens with zero attached hydrogens (tertiary/aromatic N) is 2. The van der Waals surface area contributed by atoms with E-state index in [1.165, 1.54) is 12.4 Å². The van der Waals surface area contributed by atoms with Crippen molar-refractivity contribution in [3.05, 3.63) is 67.0 Å². The van der Waals surface area contributed by atoms with Crippen LogP contribution in [0.15, 0.2) is 71.9 Å². The van der Waals surface area contributed by atoms with Crippen LogP contribution in [0.5, 0.6) is 0 Å². The lowest BCUT2D eigenvalue weighted by Gasteiger charge is -2.12. The molecule has 0 aliphatic rings. The number of hydrogen-bond acceptors (Lipinski definition) is 3. The van der Waals surface area contributed by atoms with Crippen molar-refractivity contribution in [2.24, 2.45) is 0 Å². The summed E-state index contributed by atoms with van der Waals surface area (Å²) in [6.07, 6.45) is 2.88. The van der Waals surface area contributed by atoms with Crippen molar-refractivity contribution in [1.82, 2.24) is 9.78 Å². The van der Waals surface area contributed by atoms with Crippen LogP contribution in [0.1, 0.15) is 6.92 Å². The number of sulfonamides is 1. The zero-order valence-electron chi connectivity index (χ0n) is 12.7. The zero-order valence-corrected chi connectivity index (χ0v) is 13.5. The van der Waals surface area contributed by atoms with Gasteiger partial charge in [-0.2, -0.15) is 5.10 Å². The van der Waals surface area contributed by atoms with Gasteiger partial charge in [0.15, 0.2) is 0 Å². The normalized spacial score (nSPS) is 11.3. The van der Waals surface area contributed by atoms with Gasteiger partial charge in [0.05, 0.1) is 11.9 Å². The first-order valence-corrected chi connectivity index (χ1v) is 8.78. The van der Waals surface area contributed by atoms with Gasteiger partial charge in [-0.25, -0.2) is 8.42 Å². The number of para-hydroxylation sites is 1. The lowest BCUT2D eigenvalue weighted by atomic mass is 10.0. The van der Waals surface area contributed by atoms with E-state index in [4.69, 9.17) is 0 Å². The van der Waals surface area contributed by atoms with Gasteiger partial charge in [-0.3, -0.25) is 9.40 Å². The molecular weight excluding hydrogens is 310 g/mol. The summed E-state index contributed by atoms with van der Waals surface area (Å²) in [5, 5.41) is 4.02. The molecule has 0 spiro atoms. The average Bonchev–Trinajstić information content (AvgIpc) is 3.06. The second-order valence-electron chi connectivity index (χ2n) is 5.05. The fourth-order valence-electron chi connectivity index (χ4n) is 2.30. The quantitative estimate of drug-likeness (QED) is 0.781. The Bertz CT molecular complexity index is 902. The molecule has 0 saturated heterocycles. The number of hydrogen-bond donors (Lipinski definition) is 1. The van der Waals surface area contributed by atoms with Gasteiger partial charge in [-0.05, 0) is 18.6 Å². The third-order valence-corrected chi connectivity index (χ3v) is 4.82. The van der Waals surface area contributed by atoms with Crippen LogP contribution in [-0.2, 0) is 16.6 Å². The molecule has 3 rings (SSSR count). The average molecular weight is 327 g/mol. The van der Waals surface area contributed by atoms with Crippen LogP contribution >= 0.6 is 0 Å². The third-order valence-electron chi connectivity index (χ3n) is 3.50. The van der Waals surface area contributed by atoms with Crippen molar-refractivity contribution in [3.8, 4) is 11.1 Å². The third kappa shape index (κ3) is 3.27. The van der Waals surface area contributed by atoms with Crippen LogP contribution in [0.25, 0.3) is 11.1 Å². The van der Waals surface area contributed by atoms with Crippen LogP contribution < -0.4 is 4.72 Å². The highest BCUT2D eigenvalue weighted by atomic mass is 32.2. The predicted molar refractivity (Wildman–Crippen MR) is 90.6 cm³/mol. The summed E-state index contributed by atoms with van der Waals surface area (Å²) in [5.74, 6) is 0. The van der Waals surface area contributed by atoms with Crippen molar-refractivity contribution in [3.63, 3.8) is 0 Å². The first-order chi connectivity index (χ1) is 11.1. The molecule has 0 saturated carbocycles. The molecular formula is C17H17N3O2S. The van der Waals surface area contributed by atoms with Gasteiger partial charge in [0.1, 0.15) is 4.90 Å². The van der Waals surface area contributed by atoms with Crippen LogP contribution in [0, 0.1) is 0 Å². The van der Waals surface area contributed by atoms with Gasteiger partial charge in [-0.15, -0.1) is 0 Å². The number of benzene rings is 2. The number of nitrogens with one attached hydrogen (secondary N) is 1. The molecule has 2 aromatic carbocycles. The highest BCUT2D eigenvalue weighted by Crippen LogP contribution is 2.29. The van der Waals surface area contributed by atoms with Gasteiger partial charge in [-0.1, -0.05) is 48.5 Å². The molecule has 1 N–H and O–H groups in total. The lowest BCUT2D eigenvalue weighted by molar-refractivity contribution is 0.600. The van der Waals surface area contributed by atoms with E-state index in [9.17, 15) is 8.42 Å². The van der Waals surface area contributed by atoms with Crippen molar-refractivity contribution < 1.29 is 8.42 Å². The summed E-state index contributed by atoms with van der Waals surface area (Å²) in [5.41, 5.74) is 2.33. The van der Waals surface area contributed by atoms with Crippen molar-refractivity contribution >= 4 is 15.7 Å². The summed E-state index contributed by atoms with van der Waals surface area (Å²) in [4.78, 5) is 0.155. The SMILES string of the molecule is CCn1cc(S(=O)(=O)Nc2ccccc2-c2ccccc2)cn1. The topological polar surface area (TPSA) is 64.0 Å². The largest absolute Gasteiger partial charge is 0.279 e. The second-order valence-corrected chi connectivity index (χ2v) is 6.73. The van der Waals surface area contributed by atoms with Crippen LogP contribution in [0.2, 0.25) is 0 Å². The molecule has 0 radical (unpaired) electrons. The molecule has 0 atom stereocenters. The molecule has 0 bridgehead atoms. The molecule has 118 valence electrons. The number of aromatic nitrogens is 2. The van der Waals surface area contributed by atoms with E-state index in [2.05, 4.69) is 9.82 Å². The maximum Gasteiger partial charge on any atom is 0.265 e. The molecule has 3 aromatic rings. The minimum atomic E-state index is -3.67. The first-order valence-electron chi connectivity index (χ1n) is 7.30. The highest BCUT2D eigenvalue weighted by molar-refractivity contribution is 7.92. The molecule has 0 unspecified atom stereocenters. The molecule has 1 heterocycles. The molecule has 1 aromatic heterocycles. The summed E-state index contributed by atoms with van der Waals surface area (Å²) >= 11 is 0. The number of aryl methyl sites for hydroxylation is 1. The van der Waals surface area contributed by atoms with Gasteiger partial charge in [0, 0.05) is 18.3 Å². The minimum Gasteiger partial charge on any atom is -0.279 e. The van der Waals surface area contributed by atoms with Crippen molar-refractivity contribution in [2.75, 3.05) is 4.72 Å². The lowest BCUT2D eigenvalue weighted by Crippen LogP contribution is -2.13. The number of anilines is 1. The maximum atomic E-state index is 12.5. The van der Waals surface area contributed by atoms with Crippen LogP contribution in [0.4, 0.5) is 5.69 Å². The molecule has 0 aliphatic heterocycles. The Morgan fingerprint density at radius 1 is 1.04 bits per heavy atom. The van der Waals surface area contributed by atoms with Crippen LogP contribution in [0.3, 0.4) is 0 Å². The maximum absolute atomic E-state index is 12.5. The van der Waals surface area contributed by atoms with E-state index in [0.717, 1.165) is 11.1 Å². The Kier molecular flexibility index (Phi) is 4.16. The highest BCUT2D eigenvalue weighted by Gasteiger charge is 2.18. The minimum absolute atomic E-state index is 0.155. The van der Waals surface area contributed by atoms with E-state index < -0.39 is 10.0 Å². The van der Waals surface area contributed by atoms with Gasteiger partial charge in [0.25, 0.3) is 10.0 Å². The molecule has 0 fully saturated rings. The molecule has 6 heteroatoms.